The van der Waals surface area contributed by atoms with Gasteiger partial charge in [-0.2, -0.15) is 8.78 Å². The van der Waals surface area contributed by atoms with Crippen LogP contribution >= 0.6 is 0 Å². The van der Waals surface area contributed by atoms with E-state index < -0.39 is 6.61 Å². The van der Waals surface area contributed by atoms with E-state index in [-0.39, 0.29) is 12.4 Å². The van der Waals surface area contributed by atoms with Crippen LogP contribution in [0.25, 0.3) is 5.65 Å². The van der Waals surface area contributed by atoms with Crippen molar-refractivity contribution in [2.45, 2.75) is 13.2 Å². The number of rotatable bonds is 5. The van der Waals surface area contributed by atoms with E-state index in [0.717, 1.165) is 5.56 Å². The fraction of sp³-hybridized carbons (Fsp3) is 0.143. The van der Waals surface area contributed by atoms with Gasteiger partial charge in [-0.25, -0.2) is 0 Å². The monoisotopic (exact) mass is 291 g/mol. The Kier molecular flexibility index (Phi) is 3.63. The van der Waals surface area contributed by atoms with Crippen LogP contribution in [0.5, 0.6) is 11.8 Å². The zero-order valence-corrected chi connectivity index (χ0v) is 10.8. The van der Waals surface area contributed by atoms with Crippen LogP contribution in [-0.2, 0) is 6.61 Å². The number of hydrogen-bond donors (Lipinski definition) is 0. The molecule has 3 aromatic rings. The number of pyridine rings is 1. The van der Waals surface area contributed by atoms with Gasteiger partial charge in [0.25, 0.3) is 0 Å². The molecule has 0 aliphatic heterocycles. The van der Waals surface area contributed by atoms with Crippen LogP contribution in [0.1, 0.15) is 5.56 Å². The van der Waals surface area contributed by atoms with Crippen LogP contribution in [0.3, 0.4) is 0 Å². The van der Waals surface area contributed by atoms with E-state index in [0.29, 0.717) is 11.7 Å². The fourth-order valence-electron chi connectivity index (χ4n) is 1.83. The third-order valence-corrected chi connectivity index (χ3v) is 2.80. The Morgan fingerprint density at radius 2 is 1.86 bits per heavy atom. The molecule has 0 spiro atoms. The van der Waals surface area contributed by atoms with Gasteiger partial charge < -0.3 is 9.47 Å². The van der Waals surface area contributed by atoms with E-state index in [1.807, 2.05) is 18.2 Å². The van der Waals surface area contributed by atoms with Crippen molar-refractivity contribution in [2.24, 2.45) is 0 Å². The van der Waals surface area contributed by atoms with Gasteiger partial charge in [0.1, 0.15) is 12.4 Å². The molecule has 2 aromatic heterocycles. The first-order valence-corrected chi connectivity index (χ1v) is 6.19. The largest absolute Gasteiger partial charge is 0.458 e. The maximum absolute atomic E-state index is 12.0. The van der Waals surface area contributed by atoms with Gasteiger partial charge in [-0.1, -0.05) is 23.3 Å². The van der Waals surface area contributed by atoms with Gasteiger partial charge in [0, 0.05) is 6.20 Å². The van der Waals surface area contributed by atoms with Crippen LogP contribution < -0.4 is 9.47 Å². The molecule has 5 nitrogen and oxygen atoms in total. The smallest absolute Gasteiger partial charge is 0.387 e. The predicted molar refractivity (Wildman–Crippen MR) is 70.4 cm³/mol. The third kappa shape index (κ3) is 3.07. The molecule has 0 radical (unpaired) electrons. The minimum atomic E-state index is -2.82. The first kappa shape index (κ1) is 13.3. The van der Waals surface area contributed by atoms with E-state index in [2.05, 4.69) is 14.9 Å². The van der Waals surface area contributed by atoms with E-state index in [9.17, 15) is 8.78 Å². The van der Waals surface area contributed by atoms with Gasteiger partial charge in [-0.05, 0) is 29.8 Å². The number of alkyl halides is 2. The molecule has 0 amide bonds. The van der Waals surface area contributed by atoms with Crippen LogP contribution in [0, 0.1) is 0 Å². The molecule has 0 fully saturated rings. The molecule has 0 bridgehead atoms. The molecule has 3 rings (SSSR count). The SMILES string of the molecule is FC(F)Oc1ccc(COc2nnc3ccccn23)cc1. The summed E-state index contributed by atoms with van der Waals surface area (Å²) < 4.78 is 35.6. The molecule has 0 atom stereocenters. The highest BCUT2D eigenvalue weighted by Crippen LogP contribution is 2.16. The molecule has 108 valence electrons. The summed E-state index contributed by atoms with van der Waals surface area (Å²) in [5, 5.41) is 7.90. The zero-order valence-electron chi connectivity index (χ0n) is 10.8. The van der Waals surface area contributed by atoms with Gasteiger partial charge in [-0.15, -0.1) is 5.10 Å². The van der Waals surface area contributed by atoms with E-state index in [4.69, 9.17) is 4.74 Å². The van der Waals surface area contributed by atoms with Crippen molar-refractivity contribution in [3.63, 3.8) is 0 Å². The van der Waals surface area contributed by atoms with Crippen molar-refractivity contribution < 1.29 is 18.3 Å². The highest BCUT2D eigenvalue weighted by Gasteiger charge is 2.07. The minimum absolute atomic E-state index is 0.113. The number of benzene rings is 1. The molecule has 21 heavy (non-hydrogen) atoms. The lowest BCUT2D eigenvalue weighted by molar-refractivity contribution is -0.0498. The molecular weight excluding hydrogens is 280 g/mol. The molecule has 0 N–H and O–H groups in total. The van der Waals surface area contributed by atoms with Gasteiger partial charge in [0.15, 0.2) is 5.65 Å². The van der Waals surface area contributed by atoms with Crippen molar-refractivity contribution >= 4 is 5.65 Å². The standard InChI is InChI=1S/C14H11F2N3O2/c15-13(16)21-11-6-4-10(5-7-11)9-20-14-18-17-12-3-1-2-8-19(12)14/h1-8,13H,9H2. The Morgan fingerprint density at radius 1 is 1.05 bits per heavy atom. The maximum Gasteiger partial charge on any atom is 0.387 e. The Bertz CT molecular complexity index is 728. The second-order valence-electron chi connectivity index (χ2n) is 4.22. The number of halogens is 2. The first-order chi connectivity index (χ1) is 10.2. The van der Waals surface area contributed by atoms with E-state index in [1.54, 1.807) is 22.7 Å². The topological polar surface area (TPSA) is 48.7 Å². The summed E-state index contributed by atoms with van der Waals surface area (Å²) in [7, 11) is 0. The molecule has 1 aromatic carbocycles. The van der Waals surface area contributed by atoms with Crippen LogP contribution in [0.15, 0.2) is 48.7 Å². The molecule has 0 saturated heterocycles. The summed E-state index contributed by atoms with van der Waals surface area (Å²) in [6.45, 7) is -2.57. The molecular formula is C14H11F2N3O2. The molecule has 0 saturated carbocycles. The van der Waals surface area contributed by atoms with Crippen molar-refractivity contribution in [3.8, 4) is 11.8 Å². The average molecular weight is 291 g/mol. The quantitative estimate of drug-likeness (QED) is 0.725. The van der Waals surface area contributed by atoms with Gasteiger partial charge in [-0.3, -0.25) is 4.40 Å². The Hall–Kier alpha value is -2.70. The molecule has 0 unspecified atom stereocenters. The van der Waals surface area contributed by atoms with Crippen molar-refractivity contribution in [2.75, 3.05) is 0 Å². The van der Waals surface area contributed by atoms with E-state index >= 15 is 0 Å². The van der Waals surface area contributed by atoms with E-state index in [1.165, 1.54) is 12.1 Å². The first-order valence-electron chi connectivity index (χ1n) is 6.19. The Balaban J connectivity index is 1.67. The van der Waals surface area contributed by atoms with Crippen LogP contribution in [-0.4, -0.2) is 21.2 Å². The summed E-state index contributed by atoms with van der Waals surface area (Å²) in [5.41, 5.74) is 1.50. The second-order valence-corrected chi connectivity index (χ2v) is 4.22. The van der Waals surface area contributed by atoms with Crippen molar-refractivity contribution in [3.05, 3.63) is 54.2 Å². The lowest BCUT2D eigenvalue weighted by atomic mass is 10.2. The van der Waals surface area contributed by atoms with Gasteiger partial charge >= 0.3 is 12.6 Å². The fourth-order valence-corrected chi connectivity index (χ4v) is 1.83. The summed E-state index contributed by atoms with van der Waals surface area (Å²) in [6, 6.07) is 12.1. The Labute approximate surface area is 118 Å². The minimum Gasteiger partial charge on any atom is -0.458 e. The Morgan fingerprint density at radius 3 is 2.62 bits per heavy atom. The predicted octanol–water partition coefficient (Wildman–Crippen LogP) is 2.91. The zero-order chi connectivity index (χ0) is 14.7. The average Bonchev–Trinajstić information content (AvgIpc) is 2.89. The summed E-state index contributed by atoms with van der Waals surface area (Å²) in [5.74, 6) is 0.113. The lowest BCUT2D eigenvalue weighted by Gasteiger charge is -2.06. The maximum atomic E-state index is 12.0. The van der Waals surface area contributed by atoms with Crippen molar-refractivity contribution in [1.82, 2.24) is 14.6 Å². The summed E-state index contributed by atoms with van der Waals surface area (Å²) >= 11 is 0. The second kappa shape index (κ2) is 5.74. The highest BCUT2D eigenvalue weighted by atomic mass is 19.3. The van der Waals surface area contributed by atoms with Gasteiger partial charge in [0.05, 0.1) is 0 Å². The molecule has 0 aliphatic carbocycles. The third-order valence-electron chi connectivity index (χ3n) is 2.80. The van der Waals surface area contributed by atoms with Crippen LogP contribution in [0.2, 0.25) is 0 Å². The number of aromatic nitrogens is 3. The van der Waals surface area contributed by atoms with Crippen LogP contribution in [0.4, 0.5) is 8.78 Å². The summed E-state index contributed by atoms with van der Waals surface area (Å²) in [6.07, 6.45) is 1.80. The number of ether oxygens (including phenoxy) is 2. The molecule has 0 aliphatic rings. The molecule has 7 heteroatoms. The van der Waals surface area contributed by atoms with Gasteiger partial charge in [0.2, 0.25) is 0 Å². The number of hydrogen-bond acceptors (Lipinski definition) is 4. The number of nitrogens with zero attached hydrogens (tertiary/aromatic N) is 3. The number of fused-ring (bicyclic) bond motifs is 1. The van der Waals surface area contributed by atoms with Crippen molar-refractivity contribution in [1.29, 1.82) is 0 Å². The molecule has 2 heterocycles. The lowest BCUT2D eigenvalue weighted by Crippen LogP contribution is -2.02. The highest BCUT2D eigenvalue weighted by molar-refractivity contribution is 5.38. The normalized spacial score (nSPS) is 11.0. The summed E-state index contributed by atoms with van der Waals surface area (Å²) in [4.78, 5) is 0.